The molecule has 130 valence electrons. The predicted molar refractivity (Wildman–Crippen MR) is 94.1 cm³/mol. The van der Waals surface area contributed by atoms with Gasteiger partial charge in [-0.1, -0.05) is 6.07 Å². The fraction of sp³-hybridized carbons (Fsp3) is 0.263. The zero-order chi connectivity index (χ0) is 17.6. The van der Waals surface area contributed by atoms with Crippen LogP contribution in [-0.2, 0) is 4.79 Å². The number of hydrogen-bond acceptors (Lipinski definition) is 4. The van der Waals surface area contributed by atoms with E-state index in [1.807, 2.05) is 0 Å². The van der Waals surface area contributed by atoms with Crippen LogP contribution in [0.3, 0.4) is 0 Å². The van der Waals surface area contributed by atoms with Crippen LogP contribution in [0.5, 0.6) is 11.5 Å². The molecule has 3 rings (SSSR count). The summed E-state index contributed by atoms with van der Waals surface area (Å²) in [6.45, 7) is 1.53. The van der Waals surface area contributed by atoms with Crippen molar-refractivity contribution in [3.8, 4) is 11.5 Å². The highest BCUT2D eigenvalue weighted by atomic mass is 16.5. The van der Waals surface area contributed by atoms with Gasteiger partial charge in [0.15, 0.2) is 6.61 Å². The van der Waals surface area contributed by atoms with E-state index < -0.39 is 0 Å². The first-order chi connectivity index (χ1) is 12.2. The lowest BCUT2D eigenvalue weighted by atomic mass is 10.1. The Hall–Kier alpha value is -3.02. The van der Waals surface area contributed by atoms with E-state index in [0.717, 1.165) is 19.5 Å². The van der Waals surface area contributed by atoms with Crippen LogP contribution >= 0.6 is 0 Å². The summed E-state index contributed by atoms with van der Waals surface area (Å²) in [5.74, 6) is 0.977. The maximum absolute atomic E-state index is 12.1. The van der Waals surface area contributed by atoms with Gasteiger partial charge in [0.1, 0.15) is 11.5 Å². The number of nitrogens with zero attached hydrogens (tertiary/aromatic N) is 1. The first-order valence-electron chi connectivity index (χ1n) is 8.12. The van der Waals surface area contributed by atoms with Crippen LogP contribution < -0.4 is 14.8 Å². The van der Waals surface area contributed by atoms with Gasteiger partial charge in [0, 0.05) is 30.4 Å². The van der Waals surface area contributed by atoms with E-state index in [9.17, 15) is 9.59 Å². The molecule has 6 nitrogen and oxygen atoms in total. The van der Waals surface area contributed by atoms with Gasteiger partial charge in [-0.25, -0.2) is 0 Å². The second kappa shape index (κ2) is 7.70. The van der Waals surface area contributed by atoms with Gasteiger partial charge in [-0.05, 0) is 42.8 Å². The number of hydrogen-bond donors (Lipinski definition) is 1. The number of ether oxygens (including phenoxy) is 2. The van der Waals surface area contributed by atoms with E-state index >= 15 is 0 Å². The predicted octanol–water partition coefficient (Wildman–Crippen LogP) is 2.56. The zero-order valence-electron chi connectivity index (χ0n) is 14.0. The monoisotopic (exact) mass is 340 g/mol. The van der Waals surface area contributed by atoms with Crippen molar-refractivity contribution in [1.29, 1.82) is 0 Å². The summed E-state index contributed by atoms with van der Waals surface area (Å²) < 4.78 is 10.6. The van der Waals surface area contributed by atoms with Crippen molar-refractivity contribution in [3.63, 3.8) is 0 Å². The summed E-state index contributed by atoms with van der Waals surface area (Å²) >= 11 is 0. The standard InChI is InChI=1S/C19H20N2O4/c1-24-17-5-2-4-15(12-17)20-18(22)13-25-16-8-6-14(7-9-16)19(23)21-10-3-11-21/h2,4-9,12H,3,10-11,13H2,1H3,(H,20,22). The Morgan fingerprint density at radius 1 is 1.08 bits per heavy atom. The summed E-state index contributed by atoms with van der Waals surface area (Å²) in [6.07, 6.45) is 1.06. The number of amides is 2. The molecule has 2 aromatic carbocycles. The molecule has 0 aromatic heterocycles. The molecule has 25 heavy (non-hydrogen) atoms. The fourth-order valence-electron chi connectivity index (χ4n) is 2.44. The molecule has 0 unspecified atom stereocenters. The number of likely N-dealkylation sites (tertiary alicyclic amines) is 1. The molecule has 0 spiro atoms. The molecule has 0 bridgehead atoms. The minimum atomic E-state index is -0.269. The minimum Gasteiger partial charge on any atom is -0.497 e. The van der Waals surface area contributed by atoms with Gasteiger partial charge in [-0.2, -0.15) is 0 Å². The first kappa shape index (κ1) is 16.8. The van der Waals surface area contributed by atoms with E-state index in [-0.39, 0.29) is 18.4 Å². The molecule has 2 amide bonds. The SMILES string of the molecule is COc1cccc(NC(=O)COc2ccc(C(=O)N3CCC3)cc2)c1. The number of benzene rings is 2. The first-order valence-corrected chi connectivity index (χ1v) is 8.12. The fourth-order valence-corrected chi connectivity index (χ4v) is 2.44. The van der Waals surface area contributed by atoms with Gasteiger partial charge in [-0.3, -0.25) is 9.59 Å². The van der Waals surface area contributed by atoms with Gasteiger partial charge >= 0.3 is 0 Å². The second-order valence-electron chi connectivity index (χ2n) is 5.74. The lowest BCUT2D eigenvalue weighted by molar-refractivity contribution is -0.118. The Morgan fingerprint density at radius 2 is 1.84 bits per heavy atom. The maximum Gasteiger partial charge on any atom is 0.262 e. The second-order valence-corrected chi connectivity index (χ2v) is 5.74. The average Bonchev–Trinajstić information content (AvgIpc) is 2.59. The highest BCUT2D eigenvalue weighted by Crippen LogP contribution is 2.18. The van der Waals surface area contributed by atoms with E-state index in [1.165, 1.54) is 0 Å². The Kier molecular flexibility index (Phi) is 5.18. The van der Waals surface area contributed by atoms with Crippen molar-refractivity contribution in [2.75, 3.05) is 32.1 Å². The summed E-state index contributed by atoms with van der Waals surface area (Å²) in [6, 6.07) is 13.9. The topological polar surface area (TPSA) is 67.9 Å². The number of nitrogens with one attached hydrogen (secondary N) is 1. The van der Waals surface area contributed by atoms with E-state index in [0.29, 0.717) is 22.7 Å². The van der Waals surface area contributed by atoms with Crippen LogP contribution in [0.4, 0.5) is 5.69 Å². The van der Waals surface area contributed by atoms with E-state index in [2.05, 4.69) is 5.32 Å². The van der Waals surface area contributed by atoms with Gasteiger partial charge in [0.25, 0.3) is 11.8 Å². The highest BCUT2D eigenvalue weighted by molar-refractivity contribution is 5.95. The van der Waals surface area contributed by atoms with Crippen LogP contribution in [0.2, 0.25) is 0 Å². The number of rotatable bonds is 6. The zero-order valence-corrected chi connectivity index (χ0v) is 14.0. The number of carbonyl (C=O) groups is 2. The molecule has 1 N–H and O–H groups in total. The summed E-state index contributed by atoms with van der Waals surface area (Å²) in [5.41, 5.74) is 1.27. The van der Waals surface area contributed by atoms with Crippen molar-refractivity contribution in [3.05, 3.63) is 54.1 Å². The van der Waals surface area contributed by atoms with Gasteiger partial charge < -0.3 is 19.7 Å². The van der Waals surface area contributed by atoms with Crippen molar-refractivity contribution >= 4 is 17.5 Å². The third kappa shape index (κ3) is 4.29. The molecule has 1 heterocycles. The van der Waals surface area contributed by atoms with Crippen molar-refractivity contribution in [2.24, 2.45) is 0 Å². The summed E-state index contributed by atoms with van der Waals surface area (Å²) in [7, 11) is 1.57. The molecule has 1 aliphatic rings. The third-order valence-electron chi connectivity index (χ3n) is 3.97. The smallest absolute Gasteiger partial charge is 0.262 e. The van der Waals surface area contributed by atoms with Gasteiger partial charge in [0.05, 0.1) is 7.11 Å². The van der Waals surface area contributed by atoms with Crippen LogP contribution in [0.1, 0.15) is 16.8 Å². The molecule has 1 aliphatic heterocycles. The molecule has 1 fully saturated rings. The number of anilines is 1. The van der Waals surface area contributed by atoms with E-state index in [1.54, 1.807) is 60.5 Å². The molecule has 2 aromatic rings. The van der Waals surface area contributed by atoms with Crippen molar-refractivity contribution in [1.82, 2.24) is 4.90 Å². The molecular formula is C19H20N2O4. The van der Waals surface area contributed by atoms with Crippen molar-refractivity contribution in [2.45, 2.75) is 6.42 Å². The van der Waals surface area contributed by atoms with Crippen LogP contribution in [0.25, 0.3) is 0 Å². The molecule has 0 aliphatic carbocycles. The molecule has 6 heteroatoms. The van der Waals surface area contributed by atoms with Crippen molar-refractivity contribution < 1.29 is 19.1 Å². The highest BCUT2D eigenvalue weighted by Gasteiger charge is 2.21. The maximum atomic E-state index is 12.1. The van der Waals surface area contributed by atoms with Gasteiger partial charge in [-0.15, -0.1) is 0 Å². The Labute approximate surface area is 146 Å². The Balaban J connectivity index is 1.50. The van der Waals surface area contributed by atoms with Crippen LogP contribution in [0, 0.1) is 0 Å². The summed E-state index contributed by atoms with van der Waals surface area (Å²) in [5, 5.41) is 2.74. The lowest BCUT2D eigenvalue weighted by Crippen LogP contribution is -2.41. The van der Waals surface area contributed by atoms with Gasteiger partial charge in [0.2, 0.25) is 0 Å². The minimum absolute atomic E-state index is 0.0357. The largest absolute Gasteiger partial charge is 0.497 e. The molecule has 0 radical (unpaired) electrons. The molecular weight excluding hydrogens is 320 g/mol. The Morgan fingerprint density at radius 3 is 2.48 bits per heavy atom. The van der Waals surface area contributed by atoms with Crippen LogP contribution in [0.15, 0.2) is 48.5 Å². The third-order valence-corrected chi connectivity index (χ3v) is 3.97. The lowest BCUT2D eigenvalue weighted by Gasteiger charge is -2.30. The average molecular weight is 340 g/mol. The number of methoxy groups -OCH3 is 1. The van der Waals surface area contributed by atoms with Crippen LogP contribution in [-0.4, -0.2) is 43.5 Å². The number of carbonyl (C=O) groups excluding carboxylic acids is 2. The quantitative estimate of drug-likeness (QED) is 0.877. The summed E-state index contributed by atoms with van der Waals surface area (Å²) in [4.78, 5) is 25.8. The molecule has 0 saturated carbocycles. The Bertz CT molecular complexity index is 754. The van der Waals surface area contributed by atoms with E-state index in [4.69, 9.17) is 9.47 Å². The molecule has 1 saturated heterocycles. The molecule has 0 atom stereocenters. The normalized spacial score (nSPS) is 12.9.